The largest absolute Gasteiger partial charge is 0.478 e. The van der Waals surface area contributed by atoms with Crippen LogP contribution in [0.3, 0.4) is 0 Å². The van der Waals surface area contributed by atoms with E-state index in [0.717, 1.165) is 15.4 Å². The lowest BCUT2D eigenvalue weighted by Gasteiger charge is -2.05. The molecule has 18 heavy (non-hydrogen) atoms. The van der Waals surface area contributed by atoms with E-state index in [1.807, 2.05) is 36.4 Å². The van der Waals surface area contributed by atoms with E-state index in [0.29, 0.717) is 10.6 Å². The Bertz CT molecular complexity index is 579. The van der Waals surface area contributed by atoms with Gasteiger partial charge in [-0.1, -0.05) is 23.4 Å². The van der Waals surface area contributed by atoms with Crippen molar-refractivity contribution in [1.29, 1.82) is 0 Å². The maximum absolute atomic E-state index is 10.9. The number of benzene rings is 2. The standard InChI is InChI=1S/C14H11ClO2S/c1-9-8-12(6-7-13(9)14(16)17)18-11-4-2-10(15)3-5-11/h2-8H,1H3,(H,16,17). The molecule has 0 heterocycles. The molecule has 0 fully saturated rings. The molecule has 0 aliphatic rings. The lowest BCUT2D eigenvalue weighted by atomic mass is 10.1. The van der Waals surface area contributed by atoms with Crippen molar-refractivity contribution in [2.24, 2.45) is 0 Å². The fourth-order valence-corrected chi connectivity index (χ4v) is 2.62. The van der Waals surface area contributed by atoms with E-state index in [2.05, 4.69) is 0 Å². The molecule has 0 unspecified atom stereocenters. The van der Waals surface area contributed by atoms with Gasteiger partial charge in [0.15, 0.2) is 0 Å². The molecule has 2 rings (SSSR count). The van der Waals surface area contributed by atoms with Gasteiger partial charge in [-0.25, -0.2) is 4.79 Å². The Morgan fingerprint density at radius 2 is 1.72 bits per heavy atom. The summed E-state index contributed by atoms with van der Waals surface area (Å²) in [6, 6.07) is 12.9. The van der Waals surface area contributed by atoms with E-state index in [1.165, 1.54) is 0 Å². The SMILES string of the molecule is Cc1cc(Sc2ccc(Cl)cc2)ccc1C(=O)O. The monoisotopic (exact) mass is 278 g/mol. The predicted molar refractivity (Wildman–Crippen MR) is 73.7 cm³/mol. The van der Waals surface area contributed by atoms with Crippen LogP contribution in [0.5, 0.6) is 0 Å². The first kappa shape index (κ1) is 13.0. The number of hydrogen-bond acceptors (Lipinski definition) is 2. The third kappa shape index (κ3) is 3.06. The Kier molecular flexibility index (Phi) is 3.94. The minimum absolute atomic E-state index is 0.343. The highest BCUT2D eigenvalue weighted by Crippen LogP contribution is 2.29. The summed E-state index contributed by atoms with van der Waals surface area (Å²) in [6.07, 6.45) is 0. The van der Waals surface area contributed by atoms with Gasteiger partial charge in [0.1, 0.15) is 0 Å². The number of carboxylic acids is 1. The molecule has 0 radical (unpaired) electrons. The number of hydrogen-bond donors (Lipinski definition) is 1. The molecule has 0 aliphatic heterocycles. The Morgan fingerprint density at radius 1 is 1.11 bits per heavy atom. The number of carboxylic acid groups (broad SMARTS) is 1. The zero-order valence-corrected chi connectivity index (χ0v) is 11.3. The van der Waals surface area contributed by atoms with Crippen LogP contribution in [0.2, 0.25) is 5.02 Å². The summed E-state index contributed by atoms with van der Waals surface area (Å²) in [5.41, 5.74) is 1.11. The molecule has 2 aromatic rings. The Balaban J connectivity index is 2.22. The van der Waals surface area contributed by atoms with Crippen LogP contribution in [0.1, 0.15) is 15.9 Å². The Hall–Kier alpha value is -1.45. The van der Waals surface area contributed by atoms with Gasteiger partial charge in [0.2, 0.25) is 0 Å². The van der Waals surface area contributed by atoms with E-state index >= 15 is 0 Å². The fourth-order valence-electron chi connectivity index (χ4n) is 1.58. The first-order valence-corrected chi connectivity index (χ1v) is 6.53. The molecule has 0 bridgehead atoms. The van der Waals surface area contributed by atoms with Crippen molar-refractivity contribution < 1.29 is 9.90 Å². The number of aromatic carboxylic acids is 1. The van der Waals surface area contributed by atoms with Gasteiger partial charge >= 0.3 is 5.97 Å². The van der Waals surface area contributed by atoms with E-state index in [1.54, 1.807) is 24.8 Å². The van der Waals surface area contributed by atoms with Gasteiger partial charge in [-0.3, -0.25) is 0 Å². The molecule has 0 aromatic heterocycles. The zero-order valence-electron chi connectivity index (χ0n) is 9.68. The molecule has 0 amide bonds. The van der Waals surface area contributed by atoms with Gasteiger partial charge in [-0.05, 0) is 55.0 Å². The molecular weight excluding hydrogens is 268 g/mol. The van der Waals surface area contributed by atoms with Crippen LogP contribution in [0.25, 0.3) is 0 Å². The van der Waals surface area contributed by atoms with Crippen molar-refractivity contribution in [2.45, 2.75) is 16.7 Å². The third-order valence-corrected chi connectivity index (χ3v) is 3.73. The van der Waals surface area contributed by atoms with Gasteiger partial charge in [-0.15, -0.1) is 0 Å². The molecular formula is C14H11ClO2S. The van der Waals surface area contributed by atoms with Crippen molar-refractivity contribution >= 4 is 29.3 Å². The number of carbonyl (C=O) groups is 1. The maximum Gasteiger partial charge on any atom is 0.335 e. The molecule has 2 aromatic carbocycles. The van der Waals surface area contributed by atoms with Crippen molar-refractivity contribution in [1.82, 2.24) is 0 Å². The first-order valence-electron chi connectivity index (χ1n) is 5.33. The van der Waals surface area contributed by atoms with Gasteiger partial charge in [0.05, 0.1) is 5.56 Å². The summed E-state index contributed by atoms with van der Waals surface area (Å²) >= 11 is 7.40. The highest BCUT2D eigenvalue weighted by atomic mass is 35.5. The minimum atomic E-state index is -0.893. The Morgan fingerprint density at radius 3 is 2.28 bits per heavy atom. The van der Waals surface area contributed by atoms with Crippen molar-refractivity contribution in [3.05, 3.63) is 58.6 Å². The Labute approximate surface area is 115 Å². The van der Waals surface area contributed by atoms with Gasteiger partial charge in [0, 0.05) is 14.8 Å². The molecule has 0 saturated carbocycles. The van der Waals surface area contributed by atoms with Gasteiger partial charge in [-0.2, -0.15) is 0 Å². The van der Waals surface area contributed by atoms with Crippen LogP contribution < -0.4 is 0 Å². The summed E-state index contributed by atoms with van der Waals surface area (Å²) in [6.45, 7) is 1.80. The molecule has 0 aliphatic carbocycles. The average Bonchev–Trinajstić information content (AvgIpc) is 2.32. The minimum Gasteiger partial charge on any atom is -0.478 e. The second-order valence-corrected chi connectivity index (χ2v) is 5.42. The number of rotatable bonds is 3. The third-order valence-electron chi connectivity index (χ3n) is 2.48. The summed E-state index contributed by atoms with van der Waals surface area (Å²) in [5.74, 6) is -0.893. The van der Waals surface area contributed by atoms with Crippen molar-refractivity contribution in [3.63, 3.8) is 0 Å². The summed E-state index contributed by atoms with van der Waals surface area (Å²) in [4.78, 5) is 13.0. The molecule has 0 saturated heterocycles. The highest BCUT2D eigenvalue weighted by molar-refractivity contribution is 7.99. The number of halogens is 1. The van der Waals surface area contributed by atoms with Crippen molar-refractivity contribution in [3.8, 4) is 0 Å². The quantitative estimate of drug-likeness (QED) is 0.898. The first-order chi connectivity index (χ1) is 8.56. The fraction of sp³-hybridized carbons (Fsp3) is 0.0714. The smallest absolute Gasteiger partial charge is 0.335 e. The van der Waals surface area contributed by atoms with Crippen LogP contribution in [-0.4, -0.2) is 11.1 Å². The van der Waals surface area contributed by atoms with E-state index in [4.69, 9.17) is 16.7 Å². The normalized spacial score (nSPS) is 10.3. The van der Waals surface area contributed by atoms with Crippen molar-refractivity contribution in [2.75, 3.05) is 0 Å². The number of aryl methyl sites for hydroxylation is 1. The highest BCUT2D eigenvalue weighted by Gasteiger charge is 2.07. The molecule has 4 heteroatoms. The summed E-state index contributed by atoms with van der Waals surface area (Å²) in [5, 5.41) is 9.66. The molecule has 2 nitrogen and oxygen atoms in total. The summed E-state index contributed by atoms with van der Waals surface area (Å²) < 4.78 is 0. The van der Waals surface area contributed by atoms with Gasteiger partial charge in [0.25, 0.3) is 0 Å². The lowest BCUT2D eigenvalue weighted by molar-refractivity contribution is 0.0696. The van der Waals surface area contributed by atoms with Crippen LogP contribution >= 0.6 is 23.4 Å². The molecule has 1 N–H and O–H groups in total. The van der Waals surface area contributed by atoms with Crippen LogP contribution in [-0.2, 0) is 0 Å². The van der Waals surface area contributed by atoms with Crippen LogP contribution in [0.15, 0.2) is 52.3 Å². The predicted octanol–water partition coefficient (Wildman–Crippen LogP) is 4.50. The average molecular weight is 279 g/mol. The van der Waals surface area contributed by atoms with Crippen LogP contribution in [0, 0.1) is 6.92 Å². The van der Waals surface area contributed by atoms with E-state index < -0.39 is 5.97 Å². The zero-order chi connectivity index (χ0) is 13.1. The molecule has 92 valence electrons. The topological polar surface area (TPSA) is 37.3 Å². The van der Waals surface area contributed by atoms with Gasteiger partial charge < -0.3 is 5.11 Å². The second kappa shape index (κ2) is 5.46. The second-order valence-electron chi connectivity index (χ2n) is 3.84. The maximum atomic E-state index is 10.9. The van der Waals surface area contributed by atoms with E-state index in [-0.39, 0.29) is 0 Å². The molecule has 0 spiro atoms. The lowest BCUT2D eigenvalue weighted by Crippen LogP contribution is -1.98. The van der Waals surface area contributed by atoms with E-state index in [9.17, 15) is 4.79 Å². The molecule has 0 atom stereocenters. The summed E-state index contributed by atoms with van der Waals surface area (Å²) in [7, 11) is 0. The van der Waals surface area contributed by atoms with Crippen LogP contribution in [0.4, 0.5) is 0 Å².